The highest BCUT2D eigenvalue weighted by atomic mass is 16.6. The van der Waals surface area contributed by atoms with E-state index in [9.17, 15) is 9.59 Å². The minimum atomic E-state index is -0.879. The molecule has 4 atom stereocenters. The molecule has 0 bridgehead atoms. The molecule has 3 rings (SSSR count). The summed E-state index contributed by atoms with van der Waals surface area (Å²) in [6.45, 7) is 10.3. The largest absolute Gasteiger partial charge is 0.447 e. The number of carbonyl (C=O) groups is 2. The van der Waals surface area contributed by atoms with Gasteiger partial charge < -0.3 is 14.2 Å². The van der Waals surface area contributed by atoms with Crippen LogP contribution in [0.1, 0.15) is 37.3 Å². The summed E-state index contributed by atoms with van der Waals surface area (Å²) in [6, 6.07) is 19.3. The van der Waals surface area contributed by atoms with Crippen LogP contribution in [0.15, 0.2) is 86.0 Å². The van der Waals surface area contributed by atoms with Crippen molar-refractivity contribution < 1.29 is 23.8 Å². The first-order chi connectivity index (χ1) is 17.1. The predicted molar refractivity (Wildman–Crippen MR) is 136 cm³/mol. The topological polar surface area (TPSA) is 65.1 Å². The van der Waals surface area contributed by atoms with Crippen LogP contribution >= 0.6 is 0 Å². The van der Waals surface area contributed by atoms with Crippen molar-refractivity contribution in [3.63, 3.8) is 0 Å². The SMILES string of the molecule is C=CC[C@@H](O[C@H](CC=C)[C@@H](CC)OCc1ccccc1)C(=O)N1C(=O)OC[C@@H]1Cc1ccccc1. The predicted octanol–water partition coefficient (Wildman–Crippen LogP) is 5.48. The molecule has 6 nitrogen and oxygen atoms in total. The van der Waals surface area contributed by atoms with Crippen LogP contribution in [0.2, 0.25) is 0 Å². The molecule has 0 aromatic heterocycles. The Bertz CT molecular complexity index is 962. The van der Waals surface area contributed by atoms with Gasteiger partial charge in [0.25, 0.3) is 5.91 Å². The van der Waals surface area contributed by atoms with E-state index in [-0.39, 0.29) is 25.2 Å². The van der Waals surface area contributed by atoms with Gasteiger partial charge in [0, 0.05) is 6.42 Å². The zero-order chi connectivity index (χ0) is 25.0. The maximum Gasteiger partial charge on any atom is 0.417 e. The summed E-state index contributed by atoms with van der Waals surface area (Å²) >= 11 is 0. The molecule has 1 aliphatic rings. The molecule has 0 radical (unpaired) electrons. The Labute approximate surface area is 208 Å². The van der Waals surface area contributed by atoms with Gasteiger partial charge in [-0.15, -0.1) is 13.2 Å². The number of cyclic esters (lactones) is 1. The fourth-order valence-electron chi connectivity index (χ4n) is 4.22. The normalized spacial score (nSPS) is 17.9. The second-order valence-electron chi connectivity index (χ2n) is 8.58. The molecule has 1 fully saturated rings. The second kappa shape index (κ2) is 13.6. The number of rotatable bonds is 14. The van der Waals surface area contributed by atoms with Gasteiger partial charge in [-0.1, -0.05) is 79.7 Å². The first kappa shape index (κ1) is 26.4. The minimum absolute atomic E-state index is 0.161. The molecule has 2 amide bonds. The van der Waals surface area contributed by atoms with E-state index in [4.69, 9.17) is 14.2 Å². The summed E-state index contributed by atoms with van der Waals surface area (Å²) in [4.78, 5) is 27.3. The Morgan fingerprint density at radius 2 is 1.66 bits per heavy atom. The Morgan fingerprint density at radius 3 is 2.26 bits per heavy atom. The second-order valence-corrected chi connectivity index (χ2v) is 8.58. The summed E-state index contributed by atoms with van der Waals surface area (Å²) in [5.41, 5.74) is 2.09. The average molecular weight is 478 g/mol. The van der Waals surface area contributed by atoms with Crippen molar-refractivity contribution in [3.05, 3.63) is 97.1 Å². The Balaban J connectivity index is 1.73. The Kier molecular flexibility index (Phi) is 10.3. The van der Waals surface area contributed by atoms with Gasteiger partial charge in [0.15, 0.2) is 0 Å². The van der Waals surface area contributed by atoms with Crippen LogP contribution in [-0.2, 0) is 32.0 Å². The van der Waals surface area contributed by atoms with Gasteiger partial charge in [0.2, 0.25) is 0 Å². The third-order valence-electron chi connectivity index (χ3n) is 6.03. The molecule has 6 heteroatoms. The Morgan fingerprint density at radius 1 is 1.03 bits per heavy atom. The van der Waals surface area contributed by atoms with Gasteiger partial charge in [-0.2, -0.15) is 0 Å². The number of imide groups is 1. The quantitative estimate of drug-likeness (QED) is 0.337. The van der Waals surface area contributed by atoms with E-state index in [1.54, 1.807) is 12.2 Å². The van der Waals surface area contributed by atoms with Crippen LogP contribution in [0, 0.1) is 0 Å². The van der Waals surface area contributed by atoms with Gasteiger partial charge >= 0.3 is 6.09 Å². The number of hydrogen-bond donors (Lipinski definition) is 0. The number of carbonyl (C=O) groups excluding carboxylic acids is 2. The van der Waals surface area contributed by atoms with Crippen molar-refractivity contribution in [2.24, 2.45) is 0 Å². The number of nitrogens with zero attached hydrogens (tertiary/aromatic N) is 1. The first-order valence-electron chi connectivity index (χ1n) is 12.1. The van der Waals surface area contributed by atoms with Crippen LogP contribution in [0.4, 0.5) is 4.79 Å². The summed E-state index contributed by atoms with van der Waals surface area (Å²) in [7, 11) is 0. The van der Waals surface area contributed by atoms with E-state index in [1.165, 1.54) is 4.90 Å². The summed E-state index contributed by atoms with van der Waals surface area (Å²) in [5, 5.41) is 0. The van der Waals surface area contributed by atoms with E-state index in [2.05, 4.69) is 13.2 Å². The first-order valence-corrected chi connectivity index (χ1v) is 12.1. The fraction of sp³-hybridized carbons (Fsp3) is 0.379. The van der Waals surface area contributed by atoms with Gasteiger partial charge in [0.1, 0.15) is 12.7 Å². The highest BCUT2D eigenvalue weighted by Gasteiger charge is 2.42. The van der Waals surface area contributed by atoms with Crippen LogP contribution in [0.5, 0.6) is 0 Å². The molecular formula is C29H35NO5. The maximum atomic E-state index is 13.6. The van der Waals surface area contributed by atoms with Gasteiger partial charge in [-0.25, -0.2) is 9.69 Å². The average Bonchev–Trinajstić information content (AvgIpc) is 3.24. The third-order valence-corrected chi connectivity index (χ3v) is 6.03. The maximum absolute atomic E-state index is 13.6. The molecule has 2 aromatic carbocycles. The molecule has 0 aliphatic carbocycles. The van der Waals surface area contributed by atoms with Crippen LogP contribution in [0.25, 0.3) is 0 Å². The standard InChI is InChI=1S/C29H35NO5/c1-4-13-26(25(6-3)33-20-23-17-11-8-12-18-23)35-27(14-5-2)28(31)30-24(21-34-29(30)32)19-22-15-9-7-10-16-22/h4-5,7-12,15-18,24-27H,1-2,6,13-14,19-21H2,3H3/t24-,25+,26+,27+/m0/s1. The van der Waals surface area contributed by atoms with Crippen LogP contribution in [-0.4, -0.2) is 47.9 Å². The summed E-state index contributed by atoms with van der Waals surface area (Å²) < 4.78 is 17.8. The zero-order valence-corrected chi connectivity index (χ0v) is 20.4. The van der Waals surface area contributed by atoms with E-state index in [1.807, 2.05) is 67.6 Å². The van der Waals surface area contributed by atoms with E-state index >= 15 is 0 Å². The van der Waals surface area contributed by atoms with Gasteiger partial charge in [-0.3, -0.25) is 4.79 Å². The molecule has 2 aromatic rings. The lowest BCUT2D eigenvalue weighted by atomic mass is 10.0. The molecule has 1 aliphatic heterocycles. The lowest BCUT2D eigenvalue weighted by Crippen LogP contribution is -2.48. The fourth-order valence-corrected chi connectivity index (χ4v) is 4.22. The molecule has 0 N–H and O–H groups in total. The van der Waals surface area contributed by atoms with Crippen LogP contribution < -0.4 is 0 Å². The summed E-state index contributed by atoms with van der Waals surface area (Å²) in [6.07, 6.45) is 3.21. The van der Waals surface area contributed by atoms with Crippen molar-refractivity contribution in [1.82, 2.24) is 4.90 Å². The number of hydrogen-bond acceptors (Lipinski definition) is 5. The monoisotopic (exact) mass is 477 g/mol. The van der Waals surface area contributed by atoms with Crippen molar-refractivity contribution in [2.75, 3.05) is 6.61 Å². The third kappa shape index (κ3) is 7.38. The molecule has 0 unspecified atom stereocenters. The van der Waals surface area contributed by atoms with E-state index in [0.717, 1.165) is 11.1 Å². The molecule has 1 saturated heterocycles. The van der Waals surface area contributed by atoms with E-state index < -0.39 is 24.2 Å². The van der Waals surface area contributed by atoms with Crippen molar-refractivity contribution in [3.8, 4) is 0 Å². The summed E-state index contributed by atoms with van der Waals surface area (Å²) in [5.74, 6) is -0.416. The number of ether oxygens (including phenoxy) is 3. The molecular weight excluding hydrogens is 442 g/mol. The van der Waals surface area contributed by atoms with Crippen molar-refractivity contribution >= 4 is 12.0 Å². The molecule has 186 valence electrons. The molecule has 35 heavy (non-hydrogen) atoms. The lowest BCUT2D eigenvalue weighted by Gasteiger charge is -2.31. The highest BCUT2D eigenvalue weighted by Crippen LogP contribution is 2.23. The minimum Gasteiger partial charge on any atom is -0.447 e. The smallest absolute Gasteiger partial charge is 0.417 e. The van der Waals surface area contributed by atoms with Crippen molar-refractivity contribution in [1.29, 1.82) is 0 Å². The molecule has 1 heterocycles. The number of benzene rings is 2. The van der Waals surface area contributed by atoms with E-state index in [0.29, 0.717) is 25.9 Å². The zero-order valence-electron chi connectivity index (χ0n) is 20.4. The molecule has 0 spiro atoms. The Hall–Kier alpha value is -3.22. The van der Waals surface area contributed by atoms with Gasteiger partial charge in [0.05, 0.1) is 24.9 Å². The molecule has 0 saturated carbocycles. The number of amides is 2. The highest BCUT2D eigenvalue weighted by molar-refractivity contribution is 5.96. The van der Waals surface area contributed by atoms with Crippen molar-refractivity contribution in [2.45, 2.75) is 63.6 Å². The van der Waals surface area contributed by atoms with Crippen LogP contribution in [0.3, 0.4) is 0 Å². The lowest BCUT2D eigenvalue weighted by molar-refractivity contribution is -0.154. The van der Waals surface area contributed by atoms with Gasteiger partial charge in [-0.05, 0) is 30.4 Å².